The number of anilines is 1. The van der Waals surface area contributed by atoms with Crippen LogP contribution in [0.5, 0.6) is 0 Å². The van der Waals surface area contributed by atoms with Crippen LogP contribution in [0.4, 0.5) is 10.2 Å². The normalized spacial score (nSPS) is 17.1. The van der Waals surface area contributed by atoms with E-state index in [-0.39, 0.29) is 24.4 Å². The van der Waals surface area contributed by atoms with E-state index < -0.39 is 6.04 Å². The van der Waals surface area contributed by atoms with Crippen molar-refractivity contribution in [2.75, 3.05) is 25.1 Å². The molecule has 30 heavy (non-hydrogen) atoms. The van der Waals surface area contributed by atoms with Gasteiger partial charge in [0, 0.05) is 23.8 Å². The first-order valence-electron chi connectivity index (χ1n) is 9.95. The Labute approximate surface area is 174 Å². The number of hydrogen-bond acceptors (Lipinski definition) is 5. The summed E-state index contributed by atoms with van der Waals surface area (Å²) >= 11 is 0. The van der Waals surface area contributed by atoms with Crippen molar-refractivity contribution in [3.63, 3.8) is 0 Å². The van der Waals surface area contributed by atoms with Crippen molar-refractivity contribution >= 4 is 22.5 Å². The molecule has 1 aliphatic heterocycles. The Balaban J connectivity index is 1.53. The van der Waals surface area contributed by atoms with Gasteiger partial charge >= 0.3 is 0 Å². The van der Waals surface area contributed by atoms with Crippen molar-refractivity contribution in [1.82, 2.24) is 10.3 Å². The number of benzene rings is 2. The minimum Gasteiger partial charge on any atom is -0.394 e. The van der Waals surface area contributed by atoms with Gasteiger partial charge in [-0.05, 0) is 54.1 Å². The van der Waals surface area contributed by atoms with Gasteiger partial charge in [-0.3, -0.25) is 4.79 Å². The number of aliphatic hydroxyl groups is 1. The van der Waals surface area contributed by atoms with Crippen LogP contribution in [0.25, 0.3) is 10.8 Å². The molecule has 1 fully saturated rings. The molecule has 6 nitrogen and oxygen atoms in total. The maximum Gasteiger partial charge on any atom is 0.251 e. The lowest BCUT2D eigenvalue weighted by atomic mass is 10.0. The van der Waals surface area contributed by atoms with Crippen LogP contribution in [0.3, 0.4) is 0 Å². The van der Waals surface area contributed by atoms with Crippen LogP contribution in [0.2, 0.25) is 0 Å². The van der Waals surface area contributed by atoms with E-state index in [0.717, 1.165) is 29.6 Å². The van der Waals surface area contributed by atoms with E-state index in [1.54, 1.807) is 37.4 Å². The molecule has 2 heterocycles. The number of fused-ring (bicyclic) bond motifs is 1. The maximum atomic E-state index is 13.9. The highest BCUT2D eigenvalue weighted by molar-refractivity contribution is 5.99. The fourth-order valence-corrected chi connectivity index (χ4v) is 3.52. The summed E-state index contributed by atoms with van der Waals surface area (Å²) in [7, 11) is 0. The predicted molar refractivity (Wildman–Crippen MR) is 113 cm³/mol. The Morgan fingerprint density at radius 1 is 1.27 bits per heavy atom. The third-order valence-corrected chi connectivity index (χ3v) is 5.35. The molecule has 0 spiro atoms. The van der Waals surface area contributed by atoms with E-state index >= 15 is 0 Å². The Kier molecular flexibility index (Phi) is 5.92. The molecule has 2 atom stereocenters. The lowest BCUT2D eigenvalue weighted by molar-refractivity contribution is 0.0916. The van der Waals surface area contributed by atoms with E-state index in [2.05, 4.69) is 15.6 Å². The number of pyridine rings is 1. The highest BCUT2D eigenvalue weighted by Crippen LogP contribution is 2.22. The SMILES string of the molecule is Cc1ccc([C@@H](CO)NC(=O)c2ccc3cnc(NC4CCOC4)cc3c2)cc1F. The lowest BCUT2D eigenvalue weighted by Crippen LogP contribution is -2.30. The topological polar surface area (TPSA) is 83.5 Å². The second kappa shape index (κ2) is 8.77. The second-order valence-corrected chi connectivity index (χ2v) is 7.55. The van der Waals surface area contributed by atoms with Gasteiger partial charge in [0.15, 0.2) is 0 Å². The van der Waals surface area contributed by atoms with Gasteiger partial charge in [-0.1, -0.05) is 18.2 Å². The Bertz CT molecular complexity index is 1070. The Morgan fingerprint density at radius 3 is 2.87 bits per heavy atom. The summed E-state index contributed by atoms with van der Waals surface area (Å²) in [5, 5.41) is 17.6. The monoisotopic (exact) mass is 409 g/mol. The molecule has 3 N–H and O–H groups in total. The van der Waals surface area contributed by atoms with Crippen LogP contribution in [0, 0.1) is 12.7 Å². The minimum absolute atomic E-state index is 0.238. The number of carbonyl (C=O) groups is 1. The van der Waals surface area contributed by atoms with Gasteiger partial charge in [0.05, 0.1) is 25.3 Å². The first kappa shape index (κ1) is 20.3. The second-order valence-electron chi connectivity index (χ2n) is 7.55. The molecule has 1 saturated heterocycles. The zero-order valence-electron chi connectivity index (χ0n) is 16.7. The van der Waals surface area contributed by atoms with Crippen LogP contribution in [0.1, 0.15) is 33.9 Å². The molecule has 3 aromatic rings. The van der Waals surface area contributed by atoms with Crippen LogP contribution >= 0.6 is 0 Å². The molecule has 1 aliphatic rings. The number of ether oxygens (including phenoxy) is 1. The summed E-state index contributed by atoms with van der Waals surface area (Å²) in [5.74, 6) is 0.0254. The molecule has 4 rings (SSSR count). The minimum atomic E-state index is -0.694. The summed E-state index contributed by atoms with van der Waals surface area (Å²) in [6.45, 7) is 2.73. The zero-order valence-corrected chi connectivity index (χ0v) is 16.7. The first-order chi connectivity index (χ1) is 14.5. The number of aryl methyl sites for hydroxylation is 1. The molecule has 0 saturated carbocycles. The van der Waals surface area contributed by atoms with Crippen molar-refractivity contribution < 1.29 is 19.0 Å². The number of nitrogens with zero attached hydrogens (tertiary/aromatic N) is 1. The van der Waals surface area contributed by atoms with Crippen LogP contribution in [-0.4, -0.2) is 41.9 Å². The first-order valence-corrected chi connectivity index (χ1v) is 9.95. The van der Waals surface area contributed by atoms with Crippen LogP contribution < -0.4 is 10.6 Å². The van der Waals surface area contributed by atoms with Crippen molar-refractivity contribution in [3.8, 4) is 0 Å². The molecular weight excluding hydrogens is 385 g/mol. The predicted octanol–water partition coefficient (Wildman–Crippen LogP) is 3.35. The number of amides is 1. The molecule has 156 valence electrons. The number of carbonyl (C=O) groups excluding carboxylic acids is 1. The van der Waals surface area contributed by atoms with Crippen molar-refractivity contribution in [2.45, 2.75) is 25.4 Å². The van der Waals surface area contributed by atoms with E-state index in [1.807, 2.05) is 12.1 Å². The van der Waals surface area contributed by atoms with Crippen molar-refractivity contribution in [1.29, 1.82) is 0 Å². The molecular formula is C23H24FN3O3. The maximum absolute atomic E-state index is 13.9. The summed E-state index contributed by atoms with van der Waals surface area (Å²) in [6, 6.07) is 11.5. The van der Waals surface area contributed by atoms with Gasteiger partial charge in [0.2, 0.25) is 0 Å². The van der Waals surface area contributed by atoms with Crippen molar-refractivity contribution in [3.05, 3.63) is 71.2 Å². The number of nitrogens with one attached hydrogen (secondary N) is 2. The smallest absolute Gasteiger partial charge is 0.251 e. The Morgan fingerprint density at radius 2 is 2.13 bits per heavy atom. The average molecular weight is 409 g/mol. The van der Waals surface area contributed by atoms with Crippen LogP contribution in [0.15, 0.2) is 48.7 Å². The molecule has 0 bridgehead atoms. The Hall–Kier alpha value is -3.03. The summed E-state index contributed by atoms with van der Waals surface area (Å²) in [5.41, 5.74) is 1.48. The van der Waals surface area contributed by atoms with Crippen molar-refractivity contribution in [2.24, 2.45) is 0 Å². The third-order valence-electron chi connectivity index (χ3n) is 5.35. The standard InChI is InChI=1S/C23H24FN3O3/c1-14-2-3-15(9-20(14)24)21(12-28)27-23(29)16-4-5-17-11-25-22(10-18(17)8-16)26-19-6-7-30-13-19/h2-5,8-11,19,21,28H,6-7,12-13H2,1H3,(H,25,26)(H,27,29)/t19?,21-/m1/s1. The molecule has 7 heteroatoms. The number of hydrogen-bond donors (Lipinski definition) is 3. The molecule has 0 radical (unpaired) electrons. The van der Waals surface area contributed by atoms with Gasteiger partial charge in [0.25, 0.3) is 5.91 Å². The number of aromatic nitrogens is 1. The van der Waals surface area contributed by atoms with Gasteiger partial charge in [-0.25, -0.2) is 9.37 Å². The quantitative estimate of drug-likeness (QED) is 0.582. The van der Waals surface area contributed by atoms with Gasteiger partial charge in [-0.2, -0.15) is 0 Å². The van der Waals surface area contributed by atoms with Gasteiger partial charge in [0.1, 0.15) is 11.6 Å². The summed E-state index contributed by atoms with van der Waals surface area (Å²) in [6.07, 6.45) is 2.70. The highest BCUT2D eigenvalue weighted by atomic mass is 19.1. The summed E-state index contributed by atoms with van der Waals surface area (Å²) in [4.78, 5) is 17.2. The lowest BCUT2D eigenvalue weighted by Gasteiger charge is -2.18. The fraction of sp³-hybridized carbons (Fsp3) is 0.304. The van der Waals surface area contributed by atoms with Crippen LogP contribution in [-0.2, 0) is 4.74 Å². The molecule has 0 aliphatic carbocycles. The highest BCUT2D eigenvalue weighted by Gasteiger charge is 2.18. The van der Waals surface area contributed by atoms with E-state index in [0.29, 0.717) is 23.3 Å². The average Bonchev–Trinajstić information content (AvgIpc) is 3.26. The third kappa shape index (κ3) is 4.42. The van der Waals surface area contributed by atoms with Gasteiger partial charge < -0.3 is 20.5 Å². The largest absolute Gasteiger partial charge is 0.394 e. The number of aliphatic hydroxyl groups excluding tert-OH is 1. The van der Waals surface area contributed by atoms with E-state index in [9.17, 15) is 14.3 Å². The zero-order chi connectivity index (χ0) is 21.1. The van der Waals surface area contributed by atoms with E-state index in [1.165, 1.54) is 6.07 Å². The molecule has 2 aromatic carbocycles. The van der Waals surface area contributed by atoms with E-state index in [4.69, 9.17) is 4.74 Å². The van der Waals surface area contributed by atoms with Gasteiger partial charge in [-0.15, -0.1) is 0 Å². The summed E-state index contributed by atoms with van der Waals surface area (Å²) < 4.78 is 19.3. The number of halogens is 1. The molecule has 1 unspecified atom stereocenters. The molecule has 1 amide bonds. The number of rotatable bonds is 6. The fourth-order valence-electron chi connectivity index (χ4n) is 3.52. The molecule has 1 aromatic heterocycles.